The van der Waals surface area contributed by atoms with Gasteiger partial charge >= 0.3 is 6.61 Å². The number of benzene rings is 2. The van der Waals surface area contributed by atoms with Gasteiger partial charge < -0.3 is 9.47 Å². The molecule has 9 heteroatoms. The van der Waals surface area contributed by atoms with Crippen molar-refractivity contribution in [3.63, 3.8) is 0 Å². The number of carbonyl (C=O) groups is 1. The van der Waals surface area contributed by atoms with Gasteiger partial charge in [-0.05, 0) is 29.8 Å². The number of ether oxygens (including phenoxy) is 2. The van der Waals surface area contributed by atoms with E-state index in [0.717, 1.165) is 6.07 Å². The number of amides is 1. The van der Waals surface area contributed by atoms with E-state index in [2.05, 4.69) is 15.3 Å². The summed E-state index contributed by atoms with van der Waals surface area (Å²) in [6.07, 6.45) is 1.19. The largest absolute Gasteiger partial charge is 0.493 e. The van der Waals surface area contributed by atoms with Crippen LogP contribution in [-0.4, -0.2) is 25.8 Å². The van der Waals surface area contributed by atoms with Crippen molar-refractivity contribution in [3.8, 4) is 11.5 Å². The van der Waals surface area contributed by atoms with Gasteiger partial charge in [0.25, 0.3) is 5.91 Å². The first-order valence-corrected chi connectivity index (χ1v) is 7.20. The molecule has 0 bridgehead atoms. The fourth-order valence-electron chi connectivity index (χ4n) is 1.89. The van der Waals surface area contributed by atoms with Gasteiger partial charge in [0.1, 0.15) is 5.82 Å². The monoisotopic (exact) mass is 372 g/mol. The molecule has 0 unspecified atom stereocenters. The minimum absolute atomic E-state index is 0.0327. The highest BCUT2D eigenvalue weighted by Gasteiger charge is 2.16. The summed E-state index contributed by atoms with van der Waals surface area (Å²) in [5, 5.41) is 3.55. The molecule has 0 saturated heterocycles. The minimum Gasteiger partial charge on any atom is -0.493 e. The van der Waals surface area contributed by atoms with E-state index in [1.807, 2.05) is 0 Å². The number of rotatable bonds is 6. The Morgan fingerprint density at radius 3 is 2.68 bits per heavy atom. The van der Waals surface area contributed by atoms with Gasteiger partial charge in [-0.1, -0.05) is 23.7 Å². The molecule has 5 nitrogen and oxygen atoms in total. The summed E-state index contributed by atoms with van der Waals surface area (Å²) < 4.78 is 47.4. The first kappa shape index (κ1) is 18.6. The van der Waals surface area contributed by atoms with Crippen molar-refractivity contribution in [2.45, 2.75) is 6.61 Å². The van der Waals surface area contributed by atoms with Crippen LogP contribution < -0.4 is 14.9 Å². The molecule has 0 spiro atoms. The van der Waals surface area contributed by atoms with Gasteiger partial charge in [-0.25, -0.2) is 9.82 Å². The molecule has 0 radical (unpaired) electrons. The van der Waals surface area contributed by atoms with Crippen LogP contribution >= 0.6 is 11.6 Å². The zero-order chi connectivity index (χ0) is 18.4. The zero-order valence-corrected chi connectivity index (χ0v) is 13.6. The van der Waals surface area contributed by atoms with Crippen LogP contribution in [0.2, 0.25) is 5.02 Å². The number of alkyl halides is 2. The molecule has 0 aliphatic heterocycles. The Kier molecular flexibility index (Phi) is 6.24. The van der Waals surface area contributed by atoms with Gasteiger partial charge in [-0.2, -0.15) is 13.9 Å². The molecule has 0 aromatic heterocycles. The lowest BCUT2D eigenvalue weighted by Gasteiger charge is -2.12. The second kappa shape index (κ2) is 8.39. The molecule has 1 N–H and O–H groups in total. The summed E-state index contributed by atoms with van der Waals surface area (Å²) in [5.74, 6) is -1.78. The molecule has 0 atom stereocenters. The minimum atomic E-state index is -3.06. The molecule has 2 rings (SSSR count). The van der Waals surface area contributed by atoms with Crippen LogP contribution in [0.4, 0.5) is 13.2 Å². The number of hydrazone groups is 1. The molecule has 2 aromatic rings. The summed E-state index contributed by atoms with van der Waals surface area (Å²) in [7, 11) is 1.25. The lowest BCUT2D eigenvalue weighted by molar-refractivity contribution is -0.0511. The van der Waals surface area contributed by atoms with Crippen molar-refractivity contribution in [3.05, 3.63) is 58.4 Å². The fourth-order valence-corrected chi connectivity index (χ4v) is 2.15. The molecule has 25 heavy (non-hydrogen) atoms. The van der Waals surface area contributed by atoms with Crippen molar-refractivity contribution >= 4 is 23.7 Å². The number of hydrogen-bond donors (Lipinski definition) is 1. The van der Waals surface area contributed by atoms with E-state index in [1.165, 1.54) is 43.7 Å². The van der Waals surface area contributed by atoms with E-state index in [-0.39, 0.29) is 22.1 Å². The van der Waals surface area contributed by atoms with Crippen molar-refractivity contribution in [2.24, 2.45) is 5.10 Å². The van der Waals surface area contributed by atoms with Crippen LogP contribution in [0.15, 0.2) is 41.5 Å². The van der Waals surface area contributed by atoms with Crippen LogP contribution in [0, 0.1) is 5.82 Å². The van der Waals surface area contributed by atoms with Crippen LogP contribution in [0.1, 0.15) is 15.9 Å². The molecule has 0 aliphatic carbocycles. The Morgan fingerprint density at radius 2 is 2.04 bits per heavy atom. The molecular weight excluding hydrogens is 361 g/mol. The Balaban J connectivity index is 2.14. The first-order valence-electron chi connectivity index (χ1n) is 6.82. The third-order valence-corrected chi connectivity index (χ3v) is 3.24. The van der Waals surface area contributed by atoms with Gasteiger partial charge in [-0.15, -0.1) is 0 Å². The van der Waals surface area contributed by atoms with Crippen molar-refractivity contribution in [1.29, 1.82) is 0 Å². The number of hydrogen-bond acceptors (Lipinski definition) is 4. The van der Waals surface area contributed by atoms with E-state index in [0.29, 0.717) is 5.56 Å². The molecule has 0 saturated carbocycles. The summed E-state index contributed by atoms with van der Waals surface area (Å²) in [4.78, 5) is 11.8. The lowest BCUT2D eigenvalue weighted by atomic mass is 10.2. The third kappa shape index (κ3) is 4.87. The maximum Gasteiger partial charge on any atom is 0.387 e. The number of halogens is 4. The van der Waals surface area contributed by atoms with E-state index >= 15 is 0 Å². The van der Waals surface area contributed by atoms with Crippen LogP contribution in [0.3, 0.4) is 0 Å². The van der Waals surface area contributed by atoms with E-state index in [4.69, 9.17) is 16.3 Å². The Morgan fingerprint density at radius 1 is 1.32 bits per heavy atom. The first-order chi connectivity index (χ1) is 11.9. The van der Waals surface area contributed by atoms with Gasteiger partial charge in [0.15, 0.2) is 11.5 Å². The molecule has 0 fully saturated rings. The van der Waals surface area contributed by atoms with Gasteiger partial charge in [0.05, 0.1) is 23.9 Å². The smallest absolute Gasteiger partial charge is 0.387 e. The molecule has 132 valence electrons. The Bertz CT molecular complexity index is 800. The second-order valence-electron chi connectivity index (χ2n) is 4.59. The van der Waals surface area contributed by atoms with Crippen molar-refractivity contribution in [1.82, 2.24) is 5.43 Å². The second-order valence-corrected chi connectivity index (χ2v) is 5.00. The standard InChI is InChI=1S/C16H12ClF3N2O3/c1-24-13-7-9(6-11(17)14(13)25-16(19)20)8-21-22-15(23)10-4-2-3-5-12(10)18/h2-8,16H,1H3,(H,22,23)/b21-8-. The Hall–Kier alpha value is -2.74. The summed E-state index contributed by atoms with van der Waals surface area (Å²) in [5.41, 5.74) is 2.32. The predicted molar refractivity (Wildman–Crippen MR) is 86.1 cm³/mol. The SMILES string of the molecule is COc1cc(/C=N\NC(=O)c2ccccc2F)cc(Cl)c1OC(F)F. The van der Waals surface area contributed by atoms with Crippen molar-refractivity contribution < 1.29 is 27.4 Å². The summed E-state index contributed by atoms with van der Waals surface area (Å²) in [6, 6.07) is 8.03. The molecule has 0 aliphatic rings. The van der Waals surface area contributed by atoms with Gasteiger partial charge in [0.2, 0.25) is 0 Å². The quantitative estimate of drug-likeness (QED) is 0.619. The maximum absolute atomic E-state index is 13.5. The Labute approximate surface area is 146 Å². The summed E-state index contributed by atoms with van der Waals surface area (Å²) in [6.45, 7) is -3.06. The number of carbonyl (C=O) groups excluding carboxylic acids is 1. The highest BCUT2D eigenvalue weighted by atomic mass is 35.5. The zero-order valence-electron chi connectivity index (χ0n) is 12.8. The number of nitrogens with zero attached hydrogens (tertiary/aromatic N) is 1. The van der Waals surface area contributed by atoms with E-state index < -0.39 is 18.3 Å². The lowest BCUT2D eigenvalue weighted by Crippen LogP contribution is -2.18. The highest BCUT2D eigenvalue weighted by molar-refractivity contribution is 6.32. The van der Waals surface area contributed by atoms with Crippen LogP contribution in [-0.2, 0) is 0 Å². The fraction of sp³-hybridized carbons (Fsp3) is 0.125. The average Bonchev–Trinajstić information content (AvgIpc) is 2.57. The molecule has 1 amide bonds. The number of nitrogens with one attached hydrogen (secondary N) is 1. The molecule has 0 heterocycles. The van der Waals surface area contributed by atoms with Crippen molar-refractivity contribution in [2.75, 3.05) is 7.11 Å². The highest BCUT2D eigenvalue weighted by Crippen LogP contribution is 2.37. The maximum atomic E-state index is 13.5. The average molecular weight is 373 g/mol. The number of methoxy groups -OCH3 is 1. The predicted octanol–water partition coefficient (Wildman–Crippen LogP) is 3.85. The van der Waals surface area contributed by atoms with Crippen LogP contribution in [0.5, 0.6) is 11.5 Å². The third-order valence-electron chi connectivity index (χ3n) is 2.96. The molecule has 2 aromatic carbocycles. The normalized spacial score (nSPS) is 11.0. The van der Waals surface area contributed by atoms with E-state index in [1.54, 1.807) is 0 Å². The van der Waals surface area contributed by atoms with Gasteiger partial charge in [-0.3, -0.25) is 4.79 Å². The van der Waals surface area contributed by atoms with Gasteiger partial charge in [0, 0.05) is 0 Å². The van der Waals surface area contributed by atoms with Crippen LogP contribution in [0.25, 0.3) is 0 Å². The molecular formula is C16H12ClF3N2O3. The van der Waals surface area contributed by atoms with E-state index in [9.17, 15) is 18.0 Å². The topological polar surface area (TPSA) is 59.9 Å². The summed E-state index contributed by atoms with van der Waals surface area (Å²) >= 11 is 5.88.